The first-order chi connectivity index (χ1) is 11.7. The lowest BCUT2D eigenvalue weighted by molar-refractivity contribution is 0.285. The minimum absolute atomic E-state index is 0.0413. The highest BCUT2D eigenvalue weighted by atomic mass is 31.2. The van der Waals surface area contributed by atoms with Gasteiger partial charge in [-0.1, -0.05) is 48.5 Å². The molecule has 4 aromatic rings. The largest absolute Gasteiger partial charge is 0.399 e. The van der Waals surface area contributed by atoms with Crippen molar-refractivity contribution >= 4 is 45.7 Å². The monoisotopic (exact) mass is 339 g/mol. The molecule has 0 amide bonds. The quantitative estimate of drug-likeness (QED) is 0.420. The zero-order chi connectivity index (χ0) is 16.7. The molecule has 0 aliphatic carbocycles. The maximum Gasteiger partial charge on any atom is 0.399 e. The van der Waals surface area contributed by atoms with Gasteiger partial charge in [0.15, 0.2) is 0 Å². The first-order valence-corrected chi connectivity index (χ1v) is 8.88. The van der Waals surface area contributed by atoms with E-state index in [0.717, 1.165) is 21.5 Å². The summed E-state index contributed by atoms with van der Waals surface area (Å²) in [5.41, 5.74) is 1.25. The molecule has 0 bridgehead atoms. The van der Waals surface area contributed by atoms with Crippen LogP contribution in [-0.2, 0) is 13.6 Å². The molecule has 0 atom stereocenters. The van der Waals surface area contributed by atoms with E-state index in [2.05, 4.69) is 15.2 Å². The number of aromatic nitrogens is 3. The second kappa shape index (κ2) is 5.60. The summed E-state index contributed by atoms with van der Waals surface area (Å²) in [5, 5.41) is 12.3. The Balaban J connectivity index is 2.20. The number of rotatable bonds is 3. The Hall–Kier alpha value is -2.40. The van der Waals surface area contributed by atoms with Crippen LogP contribution < -0.4 is 5.57 Å². The van der Waals surface area contributed by atoms with Crippen LogP contribution in [0, 0.1) is 0 Å². The van der Waals surface area contributed by atoms with Crippen LogP contribution in [0.1, 0.15) is 0 Å². The van der Waals surface area contributed by atoms with E-state index in [9.17, 15) is 4.57 Å². The first kappa shape index (κ1) is 15.1. The number of nitrogens with zero attached hydrogens (tertiary/aromatic N) is 3. The van der Waals surface area contributed by atoms with Crippen LogP contribution in [0.5, 0.6) is 0 Å². The summed E-state index contributed by atoms with van der Waals surface area (Å²) in [6, 6.07) is 15.9. The van der Waals surface area contributed by atoms with Crippen molar-refractivity contribution in [1.29, 1.82) is 0 Å². The van der Waals surface area contributed by atoms with Gasteiger partial charge in [-0.05, 0) is 10.8 Å². The summed E-state index contributed by atoms with van der Waals surface area (Å²) < 4.78 is 22.6. The van der Waals surface area contributed by atoms with E-state index < -0.39 is 7.60 Å². The number of hydrogen-bond acceptors (Lipinski definition) is 6. The van der Waals surface area contributed by atoms with Crippen LogP contribution >= 0.6 is 7.60 Å². The second-order valence-electron chi connectivity index (χ2n) is 5.26. The molecular weight excluding hydrogens is 325 g/mol. The van der Waals surface area contributed by atoms with E-state index in [1.165, 1.54) is 14.2 Å². The second-order valence-corrected chi connectivity index (χ2v) is 7.39. The highest BCUT2D eigenvalue weighted by Crippen LogP contribution is 2.44. The Bertz CT molecular complexity index is 1090. The lowest BCUT2D eigenvalue weighted by Crippen LogP contribution is -2.18. The molecule has 0 N–H and O–H groups in total. The highest BCUT2D eigenvalue weighted by Gasteiger charge is 2.30. The maximum atomic E-state index is 12.6. The smallest absolute Gasteiger partial charge is 0.306 e. The van der Waals surface area contributed by atoms with Gasteiger partial charge in [0.2, 0.25) is 0 Å². The van der Waals surface area contributed by atoms with Gasteiger partial charge in [-0.2, -0.15) is 0 Å². The molecule has 1 heterocycles. The molecular formula is C17H14N3O3P. The van der Waals surface area contributed by atoms with Gasteiger partial charge in [0.1, 0.15) is 11.0 Å². The van der Waals surface area contributed by atoms with Crippen molar-refractivity contribution in [2.45, 2.75) is 0 Å². The predicted molar refractivity (Wildman–Crippen MR) is 93.6 cm³/mol. The summed E-state index contributed by atoms with van der Waals surface area (Å²) in [4.78, 5) is 4.48. The number of hydrogen-bond donors (Lipinski definition) is 0. The highest BCUT2D eigenvalue weighted by molar-refractivity contribution is 7.61. The van der Waals surface area contributed by atoms with Gasteiger partial charge in [-0.25, -0.2) is 4.98 Å². The van der Waals surface area contributed by atoms with E-state index in [-0.39, 0.29) is 5.57 Å². The van der Waals surface area contributed by atoms with Crippen LogP contribution in [0.3, 0.4) is 0 Å². The van der Waals surface area contributed by atoms with Crippen molar-refractivity contribution in [3.63, 3.8) is 0 Å². The third kappa shape index (κ3) is 2.12. The Kier molecular flexibility index (Phi) is 3.53. The fraction of sp³-hybridized carbons (Fsp3) is 0.118. The summed E-state index contributed by atoms with van der Waals surface area (Å²) >= 11 is 0. The molecule has 0 saturated heterocycles. The molecule has 0 radical (unpaired) electrons. The third-order valence-corrected chi connectivity index (χ3v) is 5.70. The molecule has 0 aliphatic heterocycles. The summed E-state index contributed by atoms with van der Waals surface area (Å²) in [5.74, 6) is 0. The van der Waals surface area contributed by atoms with Crippen LogP contribution in [0.4, 0.5) is 0 Å². The molecule has 0 saturated carbocycles. The molecule has 1 aromatic heterocycles. The van der Waals surface area contributed by atoms with Gasteiger partial charge in [-0.15, -0.1) is 10.2 Å². The Labute approximate surface area is 138 Å². The third-order valence-electron chi connectivity index (χ3n) is 4.06. The summed E-state index contributed by atoms with van der Waals surface area (Å²) in [7, 11) is -0.957. The van der Waals surface area contributed by atoms with Crippen molar-refractivity contribution in [2.75, 3.05) is 14.2 Å². The minimum atomic E-state index is -3.56. The molecule has 24 heavy (non-hydrogen) atoms. The molecule has 4 rings (SSSR count). The van der Waals surface area contributed by atoms with Crippen LogP contribution in [0.25, 0.3) is 32.6 Å². The number of benzene rings is 3. The molecule has 0 spiro atoms. The molecule has 0 aliphatic rings. The molecule has 3 aromatic carbocycles. The average molecular weight is 339 g/mol. The van der Waals surface area contributed by atoms with Crippen molar-refractivity contribution in [1.82, 2.24) is 15.2 Å². The fourth-order valence-corrected chi connectivity index (χ4v) is 3.74. The summed E-state index contributed by atoms with van der Waals surface area (Å²) in [6.45, 7) is 0. The molecule has 120 valence electrons. The maximum absolute atomic E-state index is 12.6. The van der Waals surface area contributed by atoms with Gasteiger partial charge < -0.3 is 9.05 Å². The van der Waals surface area contributed by atoms with Crippen molar-refractivity contribution in [2.24, 2.45) is 0 Å². The van der Waals surface area contributed by atoms with Gasteiger partial charge >= 0.3 is 7.60 Å². The van der Waals surface area contributed by atoms with E-state index in [4.69, 9.17) is 9.05 Å². The Morgan fingerprint density at radius 1 is 0.750 bits per heavy atom. The summed E-state index contributed by atoms with van der Waals surface area (Å²) in [6.07, 6.45) is 0. The zero-order valence-electron chi connectivity index (χ0n) is 13.1. The minimum Gasteiger partial charge on any atom is -0.306 e. The van der Waals surface area contributed by atoms with Gasteiger partial charge in [-0.3, -0.25) is 4.57 Å². The van der Waals surface area contributed by atoms with Gasteiger partial charge in [0.25, 0.3) is 5.57 Å². The van der Waals surface area contributed by atoms with E-state index >= 15 is 0 Å². The topological polar surface area (TPSA) is 74.2 Å². The van der Waals surface area contributed by atoms with Crippen LogP contribution in [0.2, 0.25) is 0 Å². The zero-order valence-corrected chi connectivity index (χ0v) is 14.0. The van der Waals surface area contributed by atoms with Crippen molar-refractivity contribution in [3.8, 4) is 0 Å². The number of fused-ring (bicyclic) bond motifs is 6. The molecule has 0 unspecified atom stereocenters. The molecule has 0 fully saturated rings. The molecule has 7 heteroatoms. The normalized spacial score (nSPS) is 12.2. The van der Waals surface area contributed by atoms with Gasteiger partial charge in [0, 0.05) is 25.0 Å². The van der Waals surface area contributed by atoms with E-state index in [1.54, 1.807) is 0 Å². The molecule has 6 nitrogen and oxygen atoms in total. The average Bonchev–Trinajstić information content (AvgIpc) is 2.67. The fourth-order valence-electron chi connectivity index (χ4n) is 2.89. The van der Waals surface area contributed by atoms with Crippen molar-refractivity contribution < 1.29 is 13.6 Å². The Morgan fingerprint density at radius 2 is 1.25 bits per heavy atom. The Morgan fingerprint density at radius 3 is 1.79 bits per heavy atom. The SMILES string of the molecule is COP(=O)(OC)c1nnc2c3ccccc3c3ccccc3c2n1. The van der Waals surface area contributed by atoms with Crippen LogP contribution in [-0.4, -0.2) is 29.4 Å². The van der Waals surface area contributed by atoms with Crippen molar-refractivity contribution in [3.05, 3.63) is 48.5 Å². The van der Waals surface area contributed by atoms with E-state index in [0.29, 0.717) is 11.0 Å². The van der Waals surface area contributed by atoms with Crippen LogP contribution in [0.15, 0.2) is 48.5 Å². The standard InChI is InChI=1S/C17H14N3O3P/c1-22-24(21,23-2)17-18-15-13-9-5-3-7-11(13)12-8-4-6-10-14(12)16(15)19-20-17/h3-10H,1-2H3. The lowest BCUT2D eigenvalue weighted by atomic mass is 10.00. The predicted octanol–water partition coefficient (Wildman–Crippen LogP) is 3.44. The van der Waals surface area contributed by atoms with E-state index in [1.807, 2.05) is 48.5 Å². The lowest BCUT2D eigenvalue weighted by Gasteiger charge is -2.13. The van der Waals surface area contributed by atoms with Gasteiger partial charge in [0.05, 0.1) is 0 Å². The first-order valence-electron chi connectivity index (χ1n) is 7.34.